The Hall–Kier alpha value is -4.48. The molecule has 0 spiro atoms. The summed E-state index contributed by atoms with van der Waals surface area (Å²) in [6, 6.07) is 34.4. The van der Waals surface area contributed by atoms with E-state index in [1.165, 1.54) is 26.7 Å². The molecular weight excluding hydrogens is 519 g/mol. The number of ether oxygens (including phenoxy) is 1. The molecule has 3 heterocycles. The van der Waals surface area contributed by atoms with Gasteiger partial charge < -0.3 is 4.74 Å². The lowest BCUT2D eigenvalue weighted by Crippen LogP contribution is -2.73. The highest BCUT2D eigenvalue weighted by Gasteiger charge is 2.54. The molecule has 5 heteroatoms. The average Bonchev–Trinajstić information content (AvgIpc) is 3.45. The predicted octanol–water partition coefficient (Wildman–Crippen LogP) is 6.52. The first-order valence-electron chi connectivity index (χ1n) is 14.3. The maximum Gasteiger partial charge on any atom is 0.202 e. The number of hydrogen-bond donors (Lipinski definition) is 1. The van der Waals surface area contributed by atoms with Gasteiger partial charge in [0.1, 0.15) is 11.5 Å². The summed E-state index contributed by atoms with van der Waals surface area (Å²) < 4.78 is 6.55. The summed E-state index contributed by atoms with van der Waals surface area (Å²) in [6.07, 6.45) is 9.07. The van der Waals surface area contributed by atoms with Crippen molar-refractivity contribution < 1.29 is 4.74 Å². The molecule has 5 aromatic rings. The number of nitrogens with zero attached hydrogens (tertiary/aromatic N) is 2. The summed E-state index contributed by atoms with van der Waals surface area (Å²) in [5.74, 6) is 1.61. The minimum atomic E-state index is -2.73. The monoisotopic (exact) mass is 551 g/mol. The normalized spacial score (nSPS) is 19.0. The van der Waals surface area contributed by atoms with E-state index in [1.54, 1.807) is 0 Å². The lowest BCUT2D eigenvalue weighted by Gasteiger charge is -2.49. The molecule has 1 aliphatic heterocycles. The van der Waals surface area contributed by atoms with E-state index in [2.05, 4.69) is 109 Å². The van der Waals surface area contributed by atoms with Crippen molar-refractivity contribution in [1.82, 2.24) is 15.2 Å². The molecule has 1 N–H and O–H groups in total. The molecular formula is C36H33N3OSi. The zero-order chi connectivity index (χ0) is 28.0. The van der Waals surface area contributed by atoms with Crippen molar-refractivity contribution in [3.05, 3.63) is 137 Å². The summed E-state index contributed by atoms with van der Waals surface area (Å²) in [4.78, 5) is 5.09. The maximum atomic E-state index is 6.55. The first-order chi connectivity index (χ1) is 20.0. The van der Waals surface area contributed by atoms with Crippen LogP contribution >= 0.6 is 0 Å². The quantitative estimate of drug-likeness (QED) is 0.253. The fourth-order valence-electron chi connectivity index (χ4n) is 6.80. The van der Waals surface area contributed by atoms with Crippen molar-refractivity contribution in [1.29, 1.82) is 0 Å². The van der Waals surface area contributed by atoms with Gasteiger partial charge in [-0.3, -0.25) is 10.1 Å². The van der Waals surface area contributed by atoms with Gasteiger partial charge in [-0.05, 0) is 88.9 Å². The van der Waals surface area contributed by atoms with Gasteiger partial charge in [0.25, 0.3) is 0 Å². The molecule has 0 saturated heterocycles. The van der Waals surface area contributed by atoms with E-state index < -0.39 is 8.07 Å². The van der Waals surface area contributed by atoms with Crippen LogP contribution in [0.1, 0.15) is 37.9 Å². The van der Waals surface area contributed by atoms with E-state index in [4.69, 9.17) is 9.72 Å². The minimum Gasteiger partial charge on any atom is -0.457 e. The van der Waals surface area contributed by atoms with Crippen molar-refractivity contribution in [3.63, 3.8) is 0 Å². The molecule has 41 heavy (non-hydrogen) atoms. The minimum absolute atomic E-state index is 0.0761. The number of rotatable bonds is 5. The average molecular weight is 552 g/mol. The van der Waals surface area contributed by atoms with Gasteiger partial charge in [-0.25, -0.2) is 0 Å². The highest BCUT2D eigenvalue weighted by Crippen LogP contribution is 2.45. The van der Waals surface area contributed by atoms with Crippen LogP contribution in [0.3, 0.4) is 0 Å². The van der Waals surface area contributed by atoms with Crippen LogP contribution in [0.5, 0.6) is 11.5 Å². The van der Waals surface area contributed by atoms with E-state index in [0.29, 0.717) is 0 Å². The molecule has 4 nitrogen and oxygen atoms in total. The molecule has 7 rings (SSSR count). The Morgan fingerprint density at radius 1 is 0.805 bits per heavy atom. The van der Waals surface area contributed by atoms with Crippen LogP contribution in [-0.4, -0.2) is 23.3 Å². The molecule has 1 aliphatic carbocycles. The van der Waals surface area contributed by atoms with Gasteiger partial charge in [0, 0.05) is 28.2 Å². The summed E-state index contributed by atoms with van der Waals surface area (Å²) in [7, 11) is -2.73. The number of H-pyrrole nitrogens is 1. The SMILES string of the molecule is Cc1cc(-c2cccc(Oc3cccc([Si@]4(c5ccccn5)C5=CCCC=C5C(C)(C)c5ccccc54)c3)c2)n[nH]1. The number of nitrogens with one attached hydrogen (secondary N) is 1. The Balaban J connectivity index is 1.41. The summed E-state index contributed by atoms with van der Waals surface area (Å²) in [5, 5.41) is 12.8. The summed E-state index contributed by atoms with van der Waals surface area (Å²) in [5.41, 5.74) is 5.74. The molecule has 0 amide bonds. The number of allylic oxidation sites excluding steroid dienone is 4. The fourth-order valence-corrected chi connectivity index (χ4v) is 12.3. The highest BCUT2D eigenvalue weighted by molar-refractivity contribution is 7.16. The van der Waals surface area contributed by atoms with Gasteiger partial charge in [0.05, 0.1) is 5.69 Å². The zero-order valence-electron chi connectivity index (χ0n) is 23.7. The third kappa shape index (κ3) is 4.11. The van der Waals surface area contributed by atoms with Gasteiger partial charge in [-0.2, -0.15) is 5.10 Å². The highest BCUT2D eigenvalue weighted by atomic mass is 28.3. The first-order valence-corrected chi connectivity index (χ1v) is 16.3. The number of aromatic amines is 1. The number of pyridine rings is 1. The van der Waals surface area contributed by atoms with Crippen LogP contribution in [0.2, 0.25) is 0 Å². The third-order valence-corrected chi connectivity index (χ3v) is 13.4. The Morgan fingerprint density at radius 2 is 1.59 bits per heavy atom. The Bertz CT molecular complexity index is 1820. The first kappa shape index (κ1) is 25.5. The third-order valence-electron chi connectivity index (χ3n) is 8.62. The Morgan fingerprint density at radius 3 is 2.39 bits per heavy atom. The van der Waals surface area contributed by atoms with Crippen molar-refractivity contribution in [2.45, 2.75) is 39.0 Å². The zero-order valence-corrected chi connectivity index (χ0v) is 24.7. The molecule has 3 aromatic carbocycles. The molecule has 2 aliphatic rings. The number of fused-ring (bicyclic) bond motifs is 2. The topological polar surface area (TPSA) is 50.8 Å². The van der Waals surface area contributed by atoms with E-state index >= 15 is 0 Å². The predicted molar refractivity (Wildman–Crippen MR) is 169 cm³/mol. The van der Waals surface area contributed by atoms with Gasteiger partial charge in [0.2, 0.25) is 8.07 Å². The number of aromatic nitrogens is 3. The molecule has 0 fully saturated rings. The van der Waals surface area contributed by atoms with Crippen LogP contribution in [-0.2, 0) is 5.41 Å². The second-order valence-corrected chi connectivity index (χ2v) is 15.2. The van der Waals surface area contributed by atoms with Crippen molar-refractivity contribution in [3.8, 4) is 22.8 Å². The lowest BCUT2D eigenvalue weighted by molar-refractivity contribution is 0.483. The summed E-state index contributed by atoms with van der Waals surface area (Å²) >= 11 is 0. The Labute approximate surface area is 242 Å². The van der Waals surface area contributed by atoms with Crippen LogP contribution in [0, 0.1) is 6.92 Å². The van der Waals surface area contributed by atoms with E-state index in [-0.39, 0.29) is 5.41 Å². The smallest absolute Gasteiger partial charge is 0.202 e. The second-order valence-electron chi connectivity index (χ2n) is 11.5. The van der Waals surface area contributed by atoms with E-state index in [0.717, 1.165) is 46.6 Å². The van der Waals surface area contributed by atoms with Crippen LogP contribution in [0.15, 0.2) is 126 Å². The van der Waals surface area contributed by atoms with Gasteiger partial charge in [-0.1, -0.05) is 80.6 Å². The number of hydrogen-bond acceptors (Lipinski definition) is 3. The maximum absolute atomic E-state index is 6.55. The van der Waals surface area contributed by atoms with Crippen LogP contribution < -0.4 is 20.4 Å². The van der Waals surface area contributed by atoms with E-state index in [9.17, 15) is 0 Å². The summed E-state index contributed by atoms with van der Waals surface area (Å²) in [6.45, 7) is 6.76. The fraction of sp³-hybridized carbons (Fsp3) is 0.167. The van der Waals surface area contributed by atoms with Gasteiger partial charge in [-0.15, -0.1) is 0 Å². The lowest BCUT2D eigenvalue weighted by atomic mass is 9.75. The van der Waals surface area contributed by atoms with Crippen LogP contribution in [0.4, 0.5) is 0 Å². The largest absolute Gasteiger partial charge is 0.457 e. The molecule has 2 aromatic heterocycles. The number of benzene rings is 3. The van der Waals surface area contributed by atoms with Crippen molar-refractivity contribution in [2.75, 3.05) is 0 Å². The second kappa shape index (κ2) is 9.86. The van der Waals surface area contributed by atoms with Crippen molar-refractivity contribution in [2.24, 2.45) is 0 Å². The van der Waals surface area contributed by atoms with E-state index in [1.807, 2.05) is 37.4 Å². The molecule has 1 atom stereocenters. The molecule has 0 bridgehead atoms. The molecule has 0 saturated carbocycles. The molecule has 0 unspecified atom stereocenters. The number of aryl methyl sites for hydroxylation is 1. The van der Waals surface area contributed by atoms with Gasteiger partial charge in [0.15, 0.2) is 0 Å². The standard InChI is InChI=1S/C36H33N3OSi/c1-25-22-32(39-38-25)26-12-10-13-27(23-26)40-28-14-11-15-29(24-28)41(35-20-8-9-21-37-35)33-18-6-4-16-30(33)36(2,3)31-17-5-7-19-34(31)41/h4,6,8-24H,5,7H2,1-3H3,(H,38,39)/t41-/m1/s1. The molecule has 0 radical (unpaired) electrons. The molecule has 202 valence electrons. The van der Waals surface area contributed by atoms with Crippen molar-refractivity contribution >= 4 is 23.8 Å². The van der Waals surface area contributed by atoms with Crippen LogP contribution in [0.25, 0.3) is 11.3 Å². The van der Waals surface area contributed by atoms with Gasteiger partial charge >= 0.3 is 0 Å². The Kier molecular flexibility index (Phi) is 6.13.